The Hall–Kier alpha value is -7.81. The van der Waals surface area contributed by atoms with Crippen LogP contribution in [0, 0.1) is 0 Å². The molecule has 4 nitrogen and oxygen atoms in total. The maximum atomic E-state index is 5.64. The van der Waals surface area contributed by atoms with E-state index in [9.17, 15) is 0 Å². The van der Waals surface area contributed by atoms with Crippen LogP contribution in [0.5, 0.6) is 0 Å². The first-order valence-electron chi connectivity index (χ1n) is 23.0. The van der Waals surface area contributed by atoms with Gasteiger partial charge < -0.3 is 4.57 Å². The van der Waals surface area contributed by atoms with E-state index in [0.29, 0.717) is 17.5 Å². The highest BCUT2D eigenvalue weighted by atomic mass is 32.1. The lowest BCUT2D eigenvalue weighted by Gasteiger charge is -2.23. The van der Waals surface area contributed by atoms with Crippen molar-refractivity contribution in [3.8, 4) is 22.8 Å². The van der Waals surface area contributed by atoms with Gasteiger partial charge in [-0.3, -0.25) is 0 Å². The van der Waals surface area contributed by atoms with Crippen LogP contribution in [0.3, 0.4) is 0 Å². The summed E-state index contributed by atoms with van der Waals surface area (Å²) in [6.45, 7) is 0. The van der Waals surface area contributed by atoms with Gasteiger partial charge in [-0.25, -0.2) is 15.0 Å². The molecule has 1 aliphatic carbocycles. The zero-order chi connectivity index (χ0) is 44.5. The van der Waals surface area contributed by atoms with Gasteiger partial charge >= 0.3 is 0 Å². The quantitative estimate of drug-likeness (QED) is 0.173. The smallest absolute Gasteiger partial charge is 0.164 e. The zero-order valence-corrected chi connectivity index (χ0v) is 38.9. The number of para-hydroxylation sites is 1. The molecule has 0 saturated heterocycles. The fourth-order valence-electron chi connectivity index (χ4n) is 11.0. The van der Waals surface area contributed by atoms with Gasteiger partial charge in [0.25, 0.3) is 0 Å². The molecule has 0 N–H and O–H groups in total. The molecule has 0 fully saturated rings. The van der Waals surface area contributed by atoms with Crippen LogP contribution in [0.25, 0.3) is 133 Å². The van der Waals surface area contributed by atoms with Gasteiger partial charge in [0.15, 0.2) is 17.5 Å². The number of thiophene rings is 3. The fourth-order valence-corrected chi connectivity index (χ4v) is 14.4. The number of allylic oxidation sites excluding steroid dienone is 4. The molecule has 14 aromatic rings. The molecular weight excluding hydrogens is 885 g/mol. The summed E-state index contributed by atoms with van der Waals surface area (Å²) < 4.78 is 10.0. The predicted octanol–water partition coefficient (Wildman–Crippen LogP) is 17.8. The highest BCUT2D eigenvalue weighted by Crippen LogP contribution is 2.48. The average Bonchev–Trinajstić information content (AvgIpc) is 4.16. The first kappa shape index (κ1) is 38.3. The molecule has 0 bridgehead atoms. The van der Waals surface area contributed by atoms with E-state index in [1.54, 1.807) is 0 Å². The first-order chi connectivity index (χ1) is 33.7. The number of aromatic nitrogens is 4. The van der Waals surface area contributed by atoms with Gasteiger partial charge in [0.1, 0.15) is 0 Å². The molecule has 0 amide bonds. The van der Waals surface area contributed by atoms with E-state index in [1.165, 1.54) is 104 Å². The van der Waals surface area contributed by atoms with Gasteiger partial charge in [-0.15, -0.1) is 34.0 Å². The standard InChI is InChI=1S/C61H36N4S3/c1-2-15-36-33-49-47(32-35(36)14-1)38-16-3-7-23-48(38)65(49)37-30-31-40(46(34-37)39-20-11-27-53-56(39)41-17-4-8-24-50(41)66-53)59-62-60(44-21-12-28-54-57(44)42-18-5-9-25-51(42)67-54)64-61(63-59)45-22-13-29-55-58(45)43-19-6-10-26-52(43)68-55/h1-29,32-34H,30-31H2. The van der Waals surface area contributed by atoms with Gasteiger partial charge in [-0.1, -0.05) is 133 Å². The van der Waals surface area contributed by atoms with E-state index in [2.05, 4.69) is 199 Å². The molecule has 0 radical (unpaired) electrons. The summed E-state index contributed by atoms with van der Waals surface area (Å²) in [7, 11) is 0. The van der Waals surface area contributed by atoms with Crippen molar-refractivity contribution in [3.63, 3.8) is 0 Å². The lowest BCUT2D eigenvalue weighted by atomic mass is 9.87. The average molecular weight is 921 g/mol. The van der Waals surface area contributed by atoms with Gasteiger partial charge in [-0.2, -0.15) is 0 Å². The van der Waals surface area contributed by atoms with Crippen LogP contribution >= 0.6 is 34.0 Å². The van der Waals surface area contributed by atoms with Crippen molar-refractivity contribution >= 4 is 144 Å². The molecule has 0 atom stereocenters. The van der Waals surface area contributed by atoms with E-state index in [4.69, 9.17) is 15.0 Å². The molecular formula is C61H36N4S3. The minimum absolute atomic E-state index is 0.686. The van der Waals surface area contributed by atoms with Crippen molar-refractivity contribution in [3.05, 3.63) is 206 Å². The molecule has 318 valence electrons. The van der Waals surface area contributed by atoms with Crippen LogP contribution < -0.4 is 0 Å². The third-order valence-corrected chi connectivity index (χ3v) is 17.4. The Morgan fingerprint density at radius 1 is 0.353 bits per heavy atom. The topological polar surface area (TPSA) is 43.6 Å². The summed E-state index contributed by atoms with van der Waals surface area (Å²) in [4.78, 5) is 16.8. The number of benzene rings is 9. The van der Waals surface area contributed by atoms with Crippen LogP contribution in [0.2, 0.25) is 0 Å². The zero-order valence-electron chi connectivity index (χ0n) is 36.4. The molecule has 0 saturated carbocycles. The lowest BCUT2D eigenvalue weighted by Crippen LogP contribution is -2.09. The van der Waals surface area contributed by atoms with E-state index in [0.717, 1.165) is 35.1 Å². The number of fused-ring (bicyclic) bond motifs is 13. The minimum Gasteiger partial charge on any atom is -0.313 e. The maximum absolute atomic E-state index is 5.64. The van der Waals surface area contributed by atoms with Crippen LogP contribution in [0.4, 0.5) is 0 Å². The Morgan fingerprint density at radius 3 is 1.40 bits per heavy atom. The third kappa shape index (κ3) is 5.73. The second kappa shape index (κ2) is 14.8. The molecule has 5 heterocycles. The summed E-state index contributed by atoms with van der Waals surface area (Å²) in [6, 6.07) is 68.6. The van der Waals surface area contributed by atoms with Crippen LogP contribution in [-0.2, 0) is 0 Å². The SMILES string of the molecule is C1=C(n2c3ccccc3c3cc4ccccc4cc32)CCC(c2nc(-c3cccc4sc5ccccc5c34)nc(-c3cccc4sc5ccccc5c34)n2)=C1c1cccc2sc3ccccc3c12. The number of nitrogens with zero attached hydrogens (tertiary/aromatic N) is 4. The van der Waals surface area contributed by atoms with Crippen LogP contribution in [0.15, 0.2) is 194 Å². The number of hydrogen-bond acceptors (Lipinski definition) is 6. The predicted molar refractivity (Wildman–Crippen MR) is 293 cm³/mol. The molecule has 68 heavy (non-hydrogen) atoms. The van der Waals surface area contributed by atoms with Gasteiger partial charge in [-0.05, 0) is 95.4 Å². The Bertz CT molecular complexity index is 4390. The summed E-state index contributed by atoms with van der Waals surface area (Å²) >= 11 is 5.50. The summed E-state index contributed by atoms with van der Waals surface area (Å²) in [6.07, 6.45) is 4.00. The van der Waals surface area contributed by atoms with Crippen molar-refractivity contribution in [2.75, 3.05) is 0 Å². The van der Waals surface area contributed by atoms with E-state index in [-0.39, 0.29) is 0 Å². The normalized spacial score (nSPS) is 13.5. The molecule has 1 aliphatic rings. The van der Waals surface area contributed by atoms with Crippen molar-refractivity contribution < 1.29 is 0 Å². The Kier molecular flexibility index (Phi) is 8.36. The Labute approximate surface area is 402 Å². The van der Waals surface area contributed by atoms with Crippen molar-refractivity contribution in [1.82, 2.24) is 19.5 Å². The fraction of sp³-hybridized carbons (Fsp3) is 0.0328. The van der Waals surface area contributed by atoms with Crippen LogP contribution in [0.1, 0.15) is 24.2 Å². The second-order valence-electron chi connectivity index (χ2n) is 17.7. The summed E-state index contributed by atoms with van der Waals surface area (Å²) in [5, 5.41) is 12.3. The number of hydrogen-bond donors (Lipinski definition) is 0. The maximum Gasteiger partial charge on any atom is 0.164 e. The Balaban J connectivity index is 1.06. The highest BCUT2D eigenvalue weighted by molar-refractivity contribution is 7.26. The molecule has 0 spiro atoms. The molecule has 0 unspecified atom stereocenters. The van der Waals surface area contributed by atoms with E-state index >= 15 is 0 Å². The van der Waals surface area contributed by atoms with Gasteiger partial charge in [0.05, 0.1) is 11.0 Å². The Morgan fingerprint density at radius 2 is 0.809 bits per heavy atom. The van der Waals surface area contributed by atoms with Crippen molar-refractivity contribution in [1.29, 1.82) is 0 Å². The van der Waals surface area contributed by atoms with Gasteiger partial charge in [0.2, 0.25) is 0 Å². The highest BCUT2D eigenvalue weighted by Gasteiger charge is 2.27. The lowest BCUT2D eigenvalue weighted by molar-refractivity contribution is 0.958. The first-order valence-corrected chi connectivity index (χ1v) is 25.5. The van der Waals surface area contributed by atoms with E-state index < -0.39 is 0 Å². The third-order valence-electron chi connectivity index (χ3n) is 14.0. The molecule has 15 rings (SSSR count). The molecule has 5 aromatic heterocycles. The van der Waals surface area contributed by atoms with Gasteiger partial charge in [0, 0.05) is 93.7 Å². The number of rotatable bonds is 5. The second-order valence-corrected chi connectivity index (χ2v) is 21.0. The minimum atomic E-state index is 0.686. The summed E-state index contributed by atoms with van der Waals surface area (Å²) in [5.74, 6) is 2.09. The molecule has 7 heteroatoms. The van der Waals surface area contributed by atoms with Crippen molar-refractivity contribution in [2.45, 2.75) is 12.8 Å². The molecule has 9 aromatic carbocycles. The van der Waals surface area contributed by atoms with E-state index in [1.807, 2.05) is 34.0 Å². The van der Waals surface area contributed by atoms with Crippen molar-refractivity contribution in [2.24, 2.45) is 0 Å². The molecule has 0 aliphatic heterocycles. The largest absolute Gasteiger partial charge is 0.313 e. The monoisotopic (exact) mass is 920 g/mol. The summed E-state index contributed by atoms with van der Waals surface area (Å²) in [5.41, 5.74) is 9.18. The van der Waals surface area contributed by atoms with Crippen LogP contribution in [-0.4, -0.2) is 19.5 Å².